The molecule has 10 heteroatoms. The van der Waals surface area contributed by atoms with Crippen molar-refractivity contribution in [3.8, 4) is 17.6 Å². The van der Waals surface area contributed by atoms with Gasteiger partial charge < -0.3 is 30.2 Å². The van der Waals surface area contributed by atoms with Crippen LogP contribution in [-0.4, -0.2) is 67.4 Å². The summed E-state index contributed by atoms with van der Waals surface area (Å²) in [7, 11) is 3.59. The number of nitrogens with one attached hydrogen (secondary N) is 3. The van der Waals surface area contributed by atoms with E-state index in [2.05, 4.69) is 39.7 Å². The third kappa shape index (κ3) is 7.42. The number of halogens is 3. The van der Waals surface area contributed by atoms with E-state index in [1.807, 2.05) is 19.9 Å². The molecule has 1 aromatic heterocycles. The molecule has 4 rings (SSSR count). The molecule has 1 fully saturated rings. The molecule has 0 saturated carbocycles. The van der Waals surface area contributed by atoms with Crippen LogP contribution in [0.5, 0.6) is 5.75 Å². The molecular weight excluding hydrogens is 519 g/mol. The molecule has 0 atom stereocenters. The van der Waals surface area contributed by atoms with Crippen LogP contribution in [0, 0.1) is 11.8 Å². The van der Waals surface area contributed by atoms with Crippen molar-refractivity contribution in [1.82, 2.24) is 14.8 Å². The lowest BCUT2D eigenvalue weighted by molar-refractivity contribution is -0.140. The highest BCUT2D eigenvalue weighted by Crippen LogP contribution is 2.31. The molecule has 0 aliphatic carbocycles. The Morgan fingerprint density at radius 1 is 1.12 bits per heavy atom. The molecular formula is C30H36F3N5O2. The quantitative estimate of drug-likeness (QED) is 0.328. The standard InChI is InChI=1S/C30H36F3N5O2/c1-20(2)35-29(39)21-10-11-26(28(17-21)40-4)34-14-6-7-23-18-24-25(36-22-12-15-37(3)16-13-22)8-5-9-27(24)38(23)19-30(31,32)33/h5,8-11,17-18,20,22,34,36H,12-16,19H2,1-4H3,(H,35,39). The third-order valence-electron chi connectivity index (χ3n) is 6.83. The predicted molar refractivity (Wildman–Crippen MR) is 153 cm³/mol. The zero-order chi connectivity index (χ0) is 28.9. The second-order valence-electron chi connectivity index (χ2n) is 10.4. The maximum atomic E-state index is 13.5. The first-order valence-corrected chi connectivity index (χ1v) is 13.4. The number of carbonyl (C=O) groups excluding carboxylic acids is 1. The van der Waals surface area contributed by atoms with Crippen LogP contribution in [0.1, 0.15) is 42.7 Å². The van der Waals surface area contributed by atoms with Gasteiger partial charge in [0.15, 0.2) is 0 Å². The molecule has 0 bridgehead atoms. The molecule has 1 amide bonds. The van der Waals surface area contributed by atoms with Crippen LogP contribution in [0.2, 0.25) is 0 Å². The monoisotopic (exact) mass is 555 g/mol. The Bertz CT molecular complexity index is 1400. The fraction of sp³-hybridized carbons (Fsp3) is 0.433. The summed E-state index contributed by atoms with van der Waals surface area (Å²) in [5, 5.41) is 10.2. The number of aromatic nitrogens is 1. The first-order valence-electron chi connectivity index (χ1n) is 13.4. The lowest BCUT2D eigenvalue weighted by Crippen LogP contribution is -2.36. The largest absolute Gasteiger partial charge is 0.495 e. The number of hydrogen-bond donors (Lipinski definition) is 3. The van der Waals surface area contributed by atoms with E-state index in [0.29, 0.717) is 28.2 Å². The highest BCUT2D eigenvalue weighted by atomic mass is 19.4. The number of rotatable bonds is 8. The summed E-state index contributed by atoms with van der Waals surface area (Å²) in [6.07, 6.45) is -2.45. The summed E-state index contributed by atoms with van der Waals surface area (Å²) in [4.78, 5) is 14.6. The van der Waals surface area contributed by atoms with Gasteiger partial charge in [0, 0.05) is 28.7 Å². The van der Waals surface area contributed by atoms with E-state index < -0.39 is 12.7 Å². The lowest BCUT2D eigenvalue weighted by atomic mass is 10.0. The Hall–Kier alpha value is -3.84. The van der Waals surface area contributed by atoms with Crippen molar-refractivity contribution in [3.63, 3.8) is 0 Å². The minimum atomic E-state index is -4.39. The fourth-order valence-corrected chi connectivity index (χ4v) is 4.83. The molecule has 40 heavy (non-hydrogen) atoms. The minimum Gasteiger partial charge on any atom is -0.495 e. The number of nitrogens with zero attached hydrogens (tertiary/aromatic N) is 2. The normalized spacial score (nSPS) is 14.6. The molecule has 214 valence electrons. The van der Waals surface area contributed by atoms with E-state index in [0.717, 1.165) is 37.0 Å². The maximum Gasteiger partial charge on any atom is 0.406 e. The highest BCUT2D eigenvalue weighted by Gasteiger charge is 2.30. The van der Waals surface area contributed by atoms with Crippen molar-refractivity contribution < 1.29 is 22.7 Å². The van der Waals surface area contributed by atoms with Crippen molar-refractivity contribution in [3.05, 3.63) is 53.7 Å². The molecule has 0 spiro atoms. The number of carbonyl (C=O) groups is 1. The summed E-state index contributed by atoms with van der Waals surface area (Å²) in [6.45, 7) is 4.76. The van der Waals surface area contributed by atoms with Gasteiger partial charge in [0.2, 0.25) is 0 Å². The Labute approximate surface area is 233 Å². The van der Waals surface area contributed by atoms with Gasteiger partial charge in [-0.2, -0.15) is 13.2 Å². The number of methoxy groups -OCH3 is 1. The van der Waals surface area contributed by atoms with E-state index in [1.54, 1.807) is 36.4 Å². The van der Waals surface area contributed by atoms with Crippen LogP contribution in [0.15, 0.2) is 42.5 Å². The molecule has 3 aromatic rings. The Kier molecular flexibility index (Phi) is 9.15. The number of hydrogen-bond acceptors (Lipinski definition) is 5. The number of ether oxygens (including phenoxy) is 1. The van der Waals surface area contributed by atoms with Crippen LogP contribution in [0.25, 0.3) is 10.9 Å². The van der Waals surface area contributed by atoms with Crippen molar-refractivity contribution in [2.45, 2.75) is 51.5 Å². The molecule has 2 heterocycles. The average molecular weight is 556 g/mol. The number of anilines is 2. The summed E-state index contributed by atoms with van der Waals surface area (Å²) in [5.41, 5.74) is 2.69. The van der Waals surface area contributed by atoms with Crippen molar-refractivity contribution in [2.75, 3.05) is 44.4 Å². The summed E-state index contributed by atoms with van der Waals surface area (Å²) < 4.78 is 47.3. The molecule has 1 saturated heterocycles. The van der Waals surface area contributed by atoms with Gasteiger partial charge in [-0.1, -0.05) is 12.0 Å². The molecule has 1 aliphatic rings. The molecule has 1 aliphatic heterocycles. The lowest BCUT2D eigenvalue weighted by Gasteiger charge is -2.30. The average Bonchev–Trinajstić information content (AvgIpc) is 3.24. The second kappa shape index (κ2) is 12.6. The number of piperidine rings is 1. The predicted octanol–water partition coefficient (Wildman–Crippen LogP) is 5.32. The second-order valence-corrected chi connectivity index (χ2v) is 10.4. The summed E-state index contributed by atoms with van der Waals surface area (Å²) in [5.74, 6) is 6.14. The molecule has 3 N–H and O–H groups in total. The maximum absolute atomic E-state index is 13.5. The number of fused-ring (bicyclic) bond motifs is 1. The van der Waals surface area contributed by atoms with Gasteiger partial charge in [0.05, 0.1) is 30.6 Å². The van der Waals surface area contributed by atoms with Crippen LogP contribution in [-0.2, 0) is 6.54 Å². The number of likely N-dealkylation sites (tertiary alicyclic amines) is 1. The van der Waals surface area contributed by atoms with Crippen LogP contribution in [0.4, 0.5) is 24.5 Å². The smallest absolute Gasteiger partial charge is 0.406 e. The molecule has 0 radical (unpaired) electrons. The number of amides is 1. The Morgan fingerprint density at radius 3 is 2.55 bits per heavy atom. The SMILES string of the molecule is COc1cc(C(=O)NC(C)C)ccc1NCC#Cc1cc2c(NC3CCN(C)CC3)cccc2n1CC(F)(F)F. The first-order chi connectivity index (χ1) is 19.0. The summed E-state index contributed by atoms with van der Waals surface area (Å²) >= 11 is 0. The Morgan fingerprint density at radius 2 is 1.88 bits per heavy atom. The van der Waals surface area contributed by atoms with Crippen LogP contribution in [0.3, 0.4) is 0 Å². The van der Waals surface area contributed by atoms with E-state index >= 15 is 0 Å². The zero-order valence-electron chi connectivity index (χ0n) is 23.3. The molecule has 0 unspecified atom stereocenters. The van der Waals surface area contributed by atoms with Gasteiger partial charge in [0.1, 0.15) is 12.3 Å². The number of benzene rings is 2. The van der Waals surface area contributed by atoms with Gasteiger partial charge >= 0.3 is 6.18 Å². The fourth-order valence-electron chi connectivity index (χ4n) is 4.83. The first kappa shape index (κ1) is 29.2. The summed E-state index contributed by atoms with van der Waals surface area (Å²) in [6, 6.07) is 12.4. The van der Waals surface area contributed by atoms with Crippen LogP contribution >= 0.6 is 0 Å². The van der Waals surface area contributed by atoms with Gasteiger partial charge in [-0.15, -0.1) is 0 Å². The topological polar surface area (TPSA) is 70.6 Å². The van der Waals surface area contributed by atoms with Gasteiger partial charge in [0.25, 0.3) is 5.91 Å². The van der Waals surface area contributed by atoms with Crippen molar-refractivity contribution in [1.29, 1.82) is 0 Å². The van der Waals surface area contributed by atoms with Gasteiger partial charge in [-0.3, -0.25) is 4.79 Å². The zero-order valence-corrected chi connectivity index (χ0v) is 23.3. The van der Waals surface area contributed by atoms with Crippen LogP contribution < -0.4 is 20.7 Å². The van der Waals surface area contributed by atoms with E-state index in [9.17, 15) is 18.0 Å². The molecule has 2 aromatic carbocycles. The van der Waals surface area contributed by atoms with E-state index in [1.165, 1.54) is 11.7 Å². The third-order valence-corrected chi connectivity index (χ3v) is 6.83. The van der Waals surface area contributed by atoms with Crippen molar-refractivity contribution >= 4 is 28.2 Å². The van der Waals surface area contributed by atoms with Crippen molar-refractivity contribution in [2.24, 2.45) is 0 Å². The Balaban J connectivity index is 1.55. The number of alkyl halides is 3. The minimum absolute atomic E-state index is 0.000601. The van der Waals surface area contributed by atoms with Gasteiger partial charge in [-0.05, 0) is 89.1 Å². The molecule has 7 nitrogen and oxygen atoms in total. The van der Waals surface area contributed by atoms with E-state index in [4.69, 9.17) is 4.74 Å². The highest BCUT2D eigenvalue weighted by molar-refractivity contribution is 5.95. The van der Waals surface area contributed by atoms with Gasteiger partial charge in [-0.25, -0.2) is 0 Å². The van der Waals surface area contributed by atoms with E-state index in [-0.39, 0.29) is 24.5 Å².